The topological polar surface area (TPSA) is 46.3 Å². The van der Waals surface area contributed by atoms with Crippen molar-refractivity contribution < 1.29 is 4.79 Å². The number of hydrogen-bond donors (Lipinski definition) is 1. The van der Waals surface area contributed by atoms with E-state index < -0.39 is 6.04 Å². The van der Waals surface area contributed by atoms with Crippen molar-refractivity contribution in [1.29, 1.82) is 0 Å². The third-order valence-corrected chi connectivity index (χ3v) is 4.49. The highest BCUT2D eigenvalue weighted by atomic mass is 79.9. The van der Waals surface area contributed by atoms with Crippen LogP contribution in [-0.2, 0) is 4.79 Å². The number of carbonyl (C=O) groups is 1. The maximum Gasteiger partial charge on any atom is 0.244 e. The Hall–Kier alpha value is -0.650. The molecule has 0 aliphatic carbocycles. The fourth-order valence-corrected chi connectivity index (χ4v) is 2.98. The molecule has 1 aliphatic heterocycles. The van der Waals surface area contributed by atoms with Crippen LogP contribution in [0.5, 0.6) is 0 Å². The predicted octanol–water partition coefficient (Wildman–Crippen LogP) is 3.31. The fourth-order valence-electron chi connectivity index (χ4n) is 2.19. The monoisotopic (exact) mass is 386 g/mol. The van der Waals surface area contributed by atoms with Crippen molar-refractivity contribution >= 4 is 37.8 Å². The summed E-state index contributed by atoms with van der Waals surface area (Å²) < 4.78 is 1.01. The maximum atomic E-state index is 12.3. The number of piperidine rings is 1. The molecule has 3 nitrogen and oxygen atoms in total. The second kappa shape index (κ2) is 6.68. The first kappa shape index (κ1) is 14.8. The second-order valence-corrected chi connectivity index (χ2v) is 7.23. The first-order valence-electron chi connectivity index (χ1n) is 6.22. The molecule has 2 N–H and O–H groups in total. The SMILES string of the molecule is N[C@@H](C(=O)N1CCC(=C(Br)Br)CC1)c1ccccc1. The first-order valence-corrected chi connectivity index (χ1v) is 7.80. The number of carbonyl (C=O) groups excluding carboxylic acids is 1. The molecule has 1 aromatic carbocycles. The van der Waals surface area contributed by atoms with Crippen molar-refractivity contribution in [2.75, 3.05) is 13.1 Å². The molecule has 0 spiro atoms. The van der Waals surface area contributed by atoms with E-state index in [1.54, 1.807) is 0 Å². The van der Waals surface area contributed by atoms with Crippen molar-refractivity contribution in [1.82, 2.24) is 4.90 Å². The summed E-state index contributed by atoms with van der Waals surface area (Å²) in [6.07, 6.45) is 1.78. The summed E-state index contributed by atoms with van der Waals surface area (Å²) in [7, 11) is 0. The molecule has 1 amide bonds. The van der Waals surface area contributed by atoms with E-state index in [9.17, 15) is 4.79 Å². The zero-order valence-corrected chi connectivity index (χ0v) is 13.7. The Bertz CT molecular complexity index is 473. The molecule has 0 unspecified atom stereocenters. The minimum atomic E-state index is -0.556. The Morgan fingerprint density at radius 1 is 1.16 bits per heavy atom. The average Bonchev–Trinajstić information content (AvgIpc) is 2.46. The van der Waals surface area contributed by atoms with Gasteiger partial charge in [-0.3, -0.25) is 4.79 Å². The lowest BCUT2D eigenvalue weighted by Crippen LogP contribution is -2.42. The summed E-state index contributed by atoms with van der Waals surface area (Å²) >= 11 is 6.85. The van der Waals surface area contributed by atoms with E-state index in [-0.39, 0.29) is 5.91 Å². The van der Waals surface area contributed by atoms with Crippen molar-refractivity contribution in [3.8, 4) is 0 Å². The Balaban J connectivity index is 2.00. The van der Waals surface area contributed by atoms with Crippen LogP contribution >= 0.6 is 31.9 Å². The van der Waals surface area contributed by atoms with Crippen molar-refractivity contribution in [3.63, 3.8) is 0 Å². The predicted molar refractivity (Wildman–Crippen MR) is 84.1 cm³/mol. The first-order chi connectivity index (χ1) is 9.09. The molecule has 0 radical (unpaired) electrons. The van der Waals surface area contributed by atoms with Gasteiger partial charge in [0, 0.05) is 13.1 Å². The number of benzene rings is 1. The molecule has 0 aromatic heterocycles. The summed E-state index contributed by atoms with van der Waals surface area (Å²) in [5.41, 5.74) is 8.23. The Kier molecular flexibility index (Phi) is 5.19. The third-order valence-electron chi connectivity index (χ3n) is 3.37. The van der Waals surface area contributed by atoms with Crippen LogP contribution in [0.25, 0.3) is 0 Å². The second-order valence-electron chi connectivity index (χ2n) is 4.58. The number of rotatable bonds is 2. The number of hydrogen-bond acceptors (Lipinski definition) is 2. The maximum absolute atomic E-state index is 12.3. The number of nitrogens with zero attached hydrogens (tertiary/aromatic N) is 1. The van der Waals surface area contributed by atoms with Gasteiger partial charge in [0.25, 0.3) is 0 Å². The van der Waals surface area contributed by atoms with Gasteiger partial charge in [0.2, 0.25) is 5.91 Å². The van der Waals surface area contributed by atoms with Crippen LogP contribution in [0.3, 0.4) is 0 Å². The normalized spacial score (nSPS) is 17.2. The lowest BCUT2D eigenvalue weighted by Gasteiger charge is -2.30. The van der Waals surface area contributed by atoms with E-state index in [1.165, 1.54) is 5.57 Å². The van der Waals surface area contributed by atoms with Crippen LogP contribution in [0.1, 0.15) is 24.4 Å². The zero-order chi connectivity index (χ0) is 13.8. The molecule has 1 aromatic rings. The van der Waals surface area contributed by atoms with E-state index in [1.807, 2.05) is 35.2 Å². The van der Waals surface area contributed by atoms with Gasteiger partial charge in [-0.15, -0.1) is 0 Å². The van der Waals surface area contributed by atoms with Gasteiger partial charge < -0.3 is 10.6 Å². The number of halogens is 2. The van der Waals surface area contributed by atoms with Gasteiger partial charge in [0.05, 0.1) is 3.39 Å². The van der Waals surface area contributed by atoms with Gasteiger partial charge in [-0.25, -0.2) is 0 Å². The number of nitrogens with two attached hydrogens (primary N) is 1. The van der Waals surface area contributed by atoms with E-state index in [2.05, 4.69) is 31.9 Å². The van der Waals surface area contributed by atoms with Crippen molar-refractivity contribution in [2.45, 2.75) is 18.9 Å². The molecule has 19 heavy (non-hydrogen) atoms. The lowest BCUT2D eigenvalue weighted by atomic mass is 10.0. The molecule has 1 heterocycles. The lowest BCUT2D eigenvalue weighted by molar-refractivity contribution is -0.133. The van der Waals surface area contributed by atoms with Crippen LogP contribution in [0, 0.1) is 0 Å². The Labute approximate surface area is 130 Å². The van der Waals surface area contributed by atoms with Crippen LogP contribution in [0.2, 0.25) is 0 Å². The minimum absolute atomic E-state index is 0.0101. The number of likely N-dealkylation sites (tertiary alicyclic amines) is 1. The highest BCUT2D eigenvalue weighted by Gasteiger charge is 2.25. The summed E-state index contributed by atoms with van der Waals surface area (Å²) in [6, 6.07) is 8.97. The highest BCUT2D eigenvalue weighted by molar-refractivity contribution is 9.28. The van der Waals surface area contributed by atoms with Gasteiger partial charge in [-0.1, -0.05) is 30.3 Å². The standard InChI is InChI=1S/C14H16Br2N2O/c15-13(16)11-6-8-18(9-7-11)14(19)12(17)10-4-2-1-3-5-10/h1-5,12H,6-9,17H2/t12-/m1/s1. The van der Waals surface area contributed by atoms with Gasteiger partial charge >= 0.3 is 0 Å². The molecule has 2 rings (SSSR count). The van der Waals surface area contributed by atoms with Gasteiger partial charge in [-0.05, 0) is 55.8 Å². The largest absolute Gasteiger partial charge is 0.340 e. The molecular formula is C14H16Br2N2O. The molecule has 1 aliphatic rings. The number of amides is 1. The Morgan fingerprint density at radius 3 is 2.26 bits per heavy atom. The van der Waals surface area contributed by atoms with E-state index >= 15 is 0 Å². The zero-order valence-electron chi connectivity index (χ0n) is 10.5. The molecule has 1 saturated heterocycles. The fraction of sp³-hybridized carbons (Fsp3) is 0.357. The van der Waals surface area contributed by atoms with Gasteiger partial charge in [0.15, 0.2) is 0 Å². The van der Waals surface area contributed by atoms with E-state index in [0.717, 1.165) is 34.9 Å². The highest BCUT2D eigenvalue weighted by Crippen LogP contribution is 2.28. The van der Waals surface area contributed by atoms with Crippen LogP contribution < -0.4 is 5.73 Å². The van der Waals surface area contributed by atoms with E-state index in [0.29, 0.717) is 0 Å². The smallest absolute Gasteiger partial charge is 0.244 e. The molecule has 0 bridgehead atoms. The van der Waals surface area contributed by atoms with Crippen LogP contribution in [0.4, 0.5) is 0 Å². The summed E-state index contributed by atoms with van der Waals surface area (Å²) in [4.78, 5) is 14.2. The molecule has 0 saturated carbocycles. The summed E-state index contributed by atoms with van der Waals surface area (Å²) in [5, 5.41) is 0. The third kappa shape index (κ3) is 3.68. The average molecular weight is 388 g/mol. The Morgan fingerprint density at radius 2 is 1.74 bits per heavy atom. The van der Waals surface area contributed by atoms with Gasteiger partial charge in [-0.2, -0.15) is 0 Å². The summed E-state index contributed by atoms with van der Waals surface area (Å²) in [5.74, 6) is 0.0101. The van der Waals surface area contributed by atoms with Crippen molar-refractivity contribution in [2.24, 2.45) is 5.73 Å². The molecule has 102 valence electrons. The summed E-state index contributed by atoms with van der Waals surface area (Å²) in [6.45, 7) is 1.46. The van der Waals surface area contributed by atoms with Crippen molar-refractivity contribution in [3.05, 3.63) is 44.9 Å². The molecular weight excluding hydrogens is 372 g/mol. The molecule has 1 fully saturated rings. The van der Waals surface area contributed by atoms with E-state index in [4.69, 9.17) is 5.73 Å². The van der Waals surface area contributed by atoms with Gasteiger partial charge in [0.1, 0.15) is 6.04 Å². The molecule has 5 heteroatoms. The molecule has 1 atom stereocenters. The minimum Gasteiger partial charge on any atom is -0.340 e. The van der Waals surface area contributed by atoms with Crippen LogP contribution in [-0.4, -0.2) is 23.9 Å². The quantitative estimate of drug-likeness (QED) is 0.846. The van der Waals surface area contributed by atoms with Crippen LogP contribution in [0.15, 0.2) is 39.3 Å².